The summed E-state index contributed by atoms with van der Waals surface area (Å²) in [5, 5.41) is 8.64. The molecule has 5 heteroatoms. The van der Waals surface area contributed by atoms with Gasteiger partial charge in [0.2, 0.25) is 5.88 Å². The third kappa shape index (κ3) is 2.61. The van der Waals surface area contributed by atoms with Crippen LogP contribution in [0.3, 0.4) is 0 Å². The smallest absolute Gasteiger partial charge is 0.214 e. The minimum Gasteiger partial charge on any atom is -0.475 e. The number of nitrogens with two attached hydrogens (primary N) is 1. The van der Waals surface area contributed by atoms with Crippen molar-refractivity contribution in [3.8, 4) is 11.9 Å². The molecule has 0 saturated heterocycles. The van der Waals surface area contributed by atoms with Gasteiger partial charge in [-0.05, 0) is 6.07 Å². The fourth-order valence-corrected chi connectivity index (χ4v) is 0.852. The van der Waals surface area contributed by atoms with Gasteiger partial charge in [-0.2, -0.15) is 5.26 Å². The minimum absolute atomic E-state index is 0.180. The van der Waals surface area contributed by atoms with Crippen molar-refractivity contribution < 1.29 is 9.47 Å². The highest BCUT2D eigenvalue weighted by molar-refractivity contribution is 5.50. The topological polar surface area (TPSA) is 81.2 Å². The Hall–Kier alpha value is -1.80. The summed E-state index contributed by atoms with van der Waals surface area (Å²) in [6.07, 6.45) is 0. The van der Waals surface area contributed by atoms with Gasteiger partial charge in [-0.25, -0.2) is 4.98 Å². The number of hydrogen-bond donors (Lipinski definition) is 1. The number of nitrogen functional groups attached to an aromatic ring is 1. The van der Waals surface area contributed by atoms with Gasteiger partial charge in [-0.3, -0.25) is 0 Å². The molecule has 2 N–H and O–H groups in total. The van der Waals surface area contributed by atoms with Gasteiger partial charge in [0.05, 0.1) is 12.3 Å². The molecule has 0 saturated carbocycles. The molecule has 0 atom stereocenters. The van der Waals surface area contributed by atoms with Crippen LogP contribution in [-0.4, -0.2) is 25.3 Å². The first-order valence-corrected chi connectivity index (χ1v) is 4.06. The monoisotopic (exact) mass is 193 g/mol. The van der Waals surface area contributed by atoms with Gasteiger partial charge >= 0.3 is 0 Å². The maximum Gasteiger partial charge on any atom is 0.214 e. The summed E-state index contributed by atoms with van der Waals surface area (Å²) in [6.45, 7) is 0.881. The zero-order chi connectivity index (χ0) is 10.4. The third-order valence-corrected chi connectivity index (χ3v) is 1.54. The number of nitrogens with zero attached hydrogens (tertiary/aromatic N) is 2. The highest BCUT2D eigenvalue weighted by Crippen LogP contribution is 2.13. The van der Waals surface area contributed by atoms with E-state index in [4.69, 9.17) is 20.5 Å². The Bertz CT molecular complexity index is 346. The number of aromatic nitrogens is 1. The lowest BCUT2D eigenvalue weighted by molar-refractivity contribution is 0.143. The predicted molar refractivity (Wildman–Crippen MR) is 50.7 cm³/mol. The number of anilines is 1. The van der Waals surface area contributed by atoms with Crippen LogP contribution in [0.15, 0.2) is 12.1 Å². The number of ether oxygens (including phenoxy) is 2. The Morgan fingerprint density at radius 1 is 1.50 bits per heavy atom. The normalized spacial score (nSPS) is 9.43. The summed E-state index contributed by atoms with van der Waals surface area (Å²) in [4.78, 5) is 3.90. The molecule has 0 fully saturated rings. The van der Waals surface area contributed by atoms with Crippen LogP contribution < -0.4 is 10.5 Å². The van der Waals surface area contributed by atoms with E-state index in [-0.39, 0.29) is 5.69 Å². The second-order valence-electron chi connectivity index (χ2n) is 2.54. The van der Waals surface area contributed by atoms with E-state index >= 15 is 0 Å². The molecule has 1 heterocycles. The molecule has 74 valence electrons. The van der Waals surface area contributed by atoms with E-state index < -0.39 is 0 Å². The van der Waals surface area contributed by atoms with Gasteiger partial charge in [-0.15, -0.1) is 0 Å². The van der Waals surface area contributed by atoms with Gasteiger partial charge in [0.15, 0.2) is 5.69 Å². The van der Waals surface area contributed by atoms with E-state index in [1.54, 1.807) is 19.2 Å². The summed E-state index contributed by atoms with van der Waals surface area (Å²) in [7, 11) is 1.58. The van der Waals surface area contributed by atoms with E-state index in [9.17, 15) is 0 Å². The van der Waals surface area contributed by atoms with Crippen molar-refractivity contribution in [1.29, 1.82) is 5.26 Å². The zero-order valence-electron chi connectivity index (χ0n) is 7.86. The average Bonchev–Trinajstić information content (AvgIpc) is 2.21. The molecule has 0 aliphatic rings. The van der Waals surface area contributed by atoms with Crippen LogP contribution in [0.4, 0.5) is 5.69 Å². The Morgan fingerprint density at radius 2 is 2.29 bits per heavy atom. The van der Waals surface area contributed by atoms with Crippen LogP contribution in [0.1, 0.15) is 5.69 Å². The number of nitriles is 1. The molecule has 0 aromatic carbocycles. The molecule has 5 nitrogen and oxygen atoms in total. The Kier molecular flexibility index (Phi) is 3.70. The molecule has 0 radical (unpaired) electrons. The molecule has 1 aromatic rings. The van der Waals surface area contributed by atoms with E-state index in [2.05, 4.69) is 4.98 Å². The van der Waals surface area contributed by atoms with Gasteiger partial charge in [0, 0.05) is 13.2 Å². The Balaban J connectivity index is 2.66. The lowest BCUT2D eigenvalue weighted by Gasteiger charge is -2.04. The fraction of sp³-hybridized carbons (Fsp3) is 0.333. The highest BCUT2D eigenvalue weighted by atomic mass is 16.5. The second kappa shape index (κ2) is 5.04. The summed E-state index contributed by atoms with van der Waals surface area (Å²) < 4.78 is 10.0. The molecule has 0 aliphatic heterocycles. The Labute approximate surface area is 82.1 Å². The van der Waals surface area contributed by atoms with E-state index in [1.807, 2.05) is 6.07 Å². The molecule has 0 amide bonds. The number of rotatable bonds is 4. The van der Waals surface area contributed by atoms with Crippen LogP contribution in [0, 0.1) is 11.3 Å². The summed E-state index contributed by atoms with van der Waals surface area (Å²) >= 11 is 0. The van der Waals surface area contributed by atoms with Gasteiger partial charge < -0.3 is 15.2 Å². The number of hydrogen-bond acceptors (Lipinski definition) is 5. The largest absolute Gasteiger partial charge is 0.475 e. The summed E-state index contributed by atoms with van der Waals surface area (Å²) in [5.41, 5.74) is 6.02. The lowest BCUT2D eigenvalue weighted by Crippen LogP contribution is -2.06. The van der Waals surface area contributed by atoms with Crippen molar-refractivity contribution in [2.75, 3.05) is 26.1 Å². The first-order valence-electron chi connectivity index (χ1n) is 4.06. The van der Waals surface area contributed by atoms with E-state index in [1.165, 1.54) is 0 Å². The van der Waals surface area contributed by atoms with Crippen LogP contribution in [0.5, 0.6) is 5.88 Å². The molecule has 0 aliphatic carbocycles. The number of pyridine rings is 1. The fourth-order valence-electron chi connectivity index (χ4n) is 0.852. The predicted octanol–water partition coefficient (Wildman–Crippen LogP) is 0.561. The standard InChI is InChI=1S/C9H11N3O2/c1-13-4-5-14-9-3-2-7(11)8(6-10)12-9/h2-3H,4-5,11H2,1H3. The SMILES string of the molecule is COCCOc1ccc(N)c(C#N)n1. The average molecular weight is 193 g/mol. The maximum atomic E-state index is 8.64. The van der Waals surface area contributed by atoms with Crippen LogP contribution in [0.2, 0.25) is 0 Å². The van der Waals surface area contributed by atoms with Gasteiger partial charge in [0.25, 0.3) is 0 Å². The van der Waals surface area contributed by atoms with Crippen LogP contribution in [0.25, 0.3) is 0 Å². The first kappa shape index (κ1) is 10.3. The molecular weight excluding hydrogens is 182 g/mol. The second-order valence-corrected chi connectivity index (χ2v) is 2.54. The van der Waals surface area contributed by atoms with Crippen molar-refractivity contribution in [2.45, 2.75) is 0 Å². The van der Waals surface area contributed by atoms with E-state index in [0.29, 0.717) is 24.8 Å². The molecule has 14 heavy (non-hydrogen) atoms. The Morgan fingerprint density at radius 3 is 2.93 bits per heavy atom. The molecule has 1 rings (SSSR count). The van der Waals surface area contributed by atoms with Gasteiger partial charge in [0.1, 0.15) is 12.7 Å². The van der Waals surface area contributed by atoms with Crippen molar-refractivity contribution in [1.82, 2.24) is 4.98 Å². The zero-order valence-corrected chi connectivity index (χ0v) is 7.86. The van der Waals surface area contributed by atoms with Crippen molar-refractivity contribution >= 4 is 5.69 Å². The van der Waals surface area contributed by atoms with Crippen LogP contribution >= 0.6 is 0 Å². The molecule has 0 unspecified atom stereocenters. The maximum absolute atomic E-state index is 8.64. The van der Waals surface area contributed by atoms with Crippen molar-refractivity contribution in [3.05, 3.63) is 17.8 Å². The lowest BCUT2D eigenvalue weighted by atomic mass is 10.3. The highest BCUT2D eigenvalue weighted by Gasteiger charge is 2.02. The summed E-state index contributed by atoms with van der Waals surface area (Å²) in [5.74, 6) is 0.382. The van der Waals surface area contributed by atoms with Crippen LogP contribution in [-0.2, 0) is 4.74 Å². The molecule has 0 spiro atoms. The van der Waals surface area contributed by atoms with Crippen molar-refractivity contribution in [3.63, 3.8) is 0 Å². The van der Waals surface area contributed by atoms with Crippen molar-refractivity contribution in [2.24, 2.45) is 0 Å². The first-order chi connectivity index (χ1) is 6.77. The molecular formula is C9H11N3O2. The number of methoxy groups -OCH3 is 1. The van der Waals surface area contributed by atoms with Gasteiger partial charge in [-0.1, -0.05) is 0 Å². The summed E-state index contributed by atoms with van der Waals surface area (Å²) in [6, 6.07) is 5.09. The molecule has 1 aromatic heterocycles. The van der Waals surface area contributed by atoms with E-state index in [0.717, 1.165) is 0 Å². The molecule has 0 bridgehead atoms. The quantitative estimate of drug-likeness (QED) is 0.706. The third-order valence-electron chi connectivity index (χ3n) is 1.54. The minimum atomic E-state index is 0.180.